The third kappa shape index (κ3) is 1.44. The minimum absolute atomic E-state index is 0.198. The highest BCUT2D eigenvalue weighted by atomic mass is 16.3. The van der Waals surface area contributed by atoms with Crippen molar-refractivity contribution in [3.63, 3.8) is 0 Å². The molecule has 0 aromatic heterocycles. The van der Waals surface area contributed by atoms with Gasteiger partial charge >= 0.3 is 0 Å². The first-order valence-corrected chi connectivity index (χ1v) is 5.92. The summed E-state index contributed by atoms with van der Waals surface area (Å²) in [6.45, 7) is 2.30. The molecule has 3 heteroatoms. The summed E-state index contributed by atoms with van der Waals surface area (Å²) in [5.74, 6) is 1.26. The van der Waals surface area contributed by atoms with Gasteiger partial charge in [0.1, 0.15) is 6.29 Å². The van der Waals surface area contributed by atoms with E-state index in [1.807, 2.05) is 0 Å². The largest absolute Gasteiger partial charge is 0.389 e. The van der Waals surface area contributed by atoms with Gasteiger partial charge in [0.05, 0.1) is 5.60 Å². The molecule has 15 heavy (non-hydrogen) atoms. The highest BCUT2D eigenvalue weighted by Gasteiger charge is 2.58. The molecule has 2 saturated carbocycles. The molecule has 0 amide bonds. The molecule has 2 bridgehead atoms. The van der Waals surface area contributed by atoms with Gasteiger partial charge in [0.25, 0.3) is 0 Å². The van der Waals surface area contributed by atoms with Gasteiger partial charge in [0, 0.05) is 18.4 Å². The maximum atomic E-state index is 10.6. The standard InChI is InChI=1S/C12H21NO2/c1-11(15,4-5-14)12(8-13)7-9-2-3-10(12)6-9/h5,9-10,15H,2-4,6-8,13H2,1H3. The lowest BCUT2D eigenvalue weighted by atomic mass is 9.62. The Labute approximate surface area is 91.0 Å². The predicted octanol–water partition coefficient (Wildman–Crippen LogP) is 1.09. The smallest absolute Gasteiger partial charge is 0.122 e. The molecule has 2 aliphatic carbocycles. The van der Waals surface area contributed by atoms with Crippen LogP contribution in [0, 0.1) is 17.3 Å². The van der Waals surface area contributed by atoms with Crippen LogP contribution in [0.15, 0.2) is 0 Å². The van der Waals surface area contributed by atoms with Crippen LogP contribution >= 0.6 is 0 Å². The normalized spacial score (nSPS) is 42.9. The van der Waals surface area contributed by atoms with Crippen molar-refractivity contribution < 1.29 is 9.90 Å². The first kappa shape index (κ1) is 11.1. The average Bonchev–Trinajstić information content (AvgIpc) is 2.76. The Hall–Kier alpha value is -0.410. The molecule has 0 spiro atoms. The van der Waals surface area contributed by atoms with Gasteiger partial charge in [0.15, 0.2) is 0 Å². The Morgan fingerprint density at radius 3 is 2.73 bits per heavy atom. The summed E-state index contributed by atoms with van der Waals surface area (Å²) in [5, 5.41) is 10.5. The molecule has 2 fully saturated rings. The van der Waals surface area contributed by atoms with Crippen molar-refractivity contribution in [1.82, 2.24) is 0 Å². The molecule has 86 valence electrons. The molecule has 3 nitrogen and oxygen atoms in total. The summed E-state index contributed by atoms with van der Waals surface area (Å²) in [7, 11) is 0. The SMILES string of the molecule is CC(O)(CC=O)C1(CN)CC2CCC1C2. The van der Waals surface area contributed by atoms with E-state index in [0.29, 0.717) is 12.5 Å². The van der Waals surface area contributed by atoms with E-state index in [0.717, 1.165) is 18.6 Å². The van der Waals surface area contributed by atoms with Gasteiger partial charge in [-0.2, -0.15) is 0 Å². The van der Waals surface area contributed by atoms with Gasteiger partial charge in [-0.15, -0.1) is 0 Å². The van der Waals surface area contributed by atoms with E-state index in [4.69, 9.17) is 5.73 Å². The first-order valence-electron chi connectivity index (χ1n) is 5.92. The summed E-state index contributed by atoms with van der Waals surface area (Å²) < 4.78 is 0. The molecule has 2 rings (SSSR count). The van der Waals surface area contributed by atoms with E-state index in [1.165, 1.54) is 19.3 Å². The van der Waals surface area contributed by atoms with E-state index >= 15 is 0 Å². The van der Waals surface area contributed by atoms with Crippen molar-refractivity contribution in [2.24, 2.45) is 23.0 Å². The van der Waals surface area contributed by atoms with Crippen LogP contribution in [0.4, 0.5) is 0 Å². The number of carbonyl (C=O) groups is 1. The maximum Gasteiger partial charge on any atom is 0.122 e. The first-order chi connectivity index (χ1) is 7.05. The second-order valence-electron chi connectivity index (χ2n) is 5.59. The zero-order valence-electron chi connectivity index (χ0n) is 9.41. The van der Waals surface area contributed by atoms with E-state index in [2.05, 4.69) is 0 Å². The van der Waals surface area contributed by atoms with E-state index in [1.54, 1.807) is 6.92 Å². The second-order valence-corrected chi connectivity index (χ2v) is 5.59. The monoisotopic (exact) mass is 211 g/mol. The maximum absolute atomic E-state index is 10.6. The van der Waals surface area contributed by atoms with Crippen molar-refractivity contribution in [2.45, 2.75) is 44.6 Å². The molecule has 0 aliphatic heterocycles. The molecule has 2 aliphatic rings. The summed E-state index contributed by atoms with van der Waals surface area (Å²) in [6.07, 6.45) is 5.71. The van der Waals surface area contributed by atoms with Crippen LogP contribution in [0.2, 0.25) is 0 Å². The molecule has 0 radical (unpaired) electrons. The Morgan fingerprint density at radius 2 is 2.33 bits per heavy atom. The number of hydrogen-bond donors (Lipinski definition) is 2. The number of rotatable bonds is 4. The number of nitrogens with two attached hydrogens (primary N) is 1. The van der Waals surface area contributed by atoms with E-state index < -0.39 is 5.60 Å². The quantitative estimate of drug-likeness (QED) is 0.684. The van der Waals surface area contributed by atoms with Gasteiger partial charge in [0.2, 0.25) is 0 Å². The fourth-order valence-electron chi connectivity index (χ4n) is 3.94. The van der Waals surface area contributed by atoms with E-state index in [-0.39, 0.29) is 11.8 Å². The fourth-order valence-corrected chi connectivity index (χ4v) is 3.94. The van der Waals surface area contributed by atoms with Crippen molar-refractivity contribution in [3.05, 3.63) is 0 Å². The third-order valence-corrected chi connectivity index (χ3v) is 4.89. The summed E-state index contributed by atoms with van der Waals surface area (Å²) in [5.41, 5.74) is 4.78. The molecule has 4 atom stereocenters. The average molecular weight is 211 g/mol. The number of hydrogen-bond acceptors (Lipinski definition) is 3. The second kappa shape index (κ2) is 3.56. The van der Waals surface area contributed by atoms with Crippen molar-refractivity contribution in [2.75, 3.05) is 6.54 Å². The lowest BCUT2D eigenvalue weighted by molar-refractivity contribution is -0.126. The van der Waals surface area contributed by atoms with Crippen LogP contribution in [-0.2, 0) is 4.79 Å². The van der Waals surface area contributed by atoms with Gasteiger partial charge < -0.3 is 15.6 Å². The molecule has 0 heterocycles. The summed E-state index contributed by atoms with van der Waals surface area (Å²) >= 11 is 0. The molecular formula is C12H21NO2. The summed E-state index contributed by atoms with van der Waals surface area (Å²) in [6, 6.07) is 0. The Bertz CT molecular complexity index is 264. The summed E-state index contributed by atoms with van der Waals surface area (Å²) in [4.78, 5) is 10.6. The lowest BCUT2D eigenvalue weighted by Crippen LogP contribution is -2.54. The Morgan fingerprint density at radius 1 is 1.60 bits per heavy atom. The topological polar surface area (TPSA) is 63.3 Å². The minimum atomic E-state index is -0.913. The lowest BCUT2D eigenvalue weighted by Gasteiger charge is -2.47. The van der Waals surface area contributed by atoms with Gasteiger partial charge in [-0.05, 0) is 38.0 Å². The van der Waals surface area contributed by atoms with Crippen LogP contribution in [0.5, 0.6) is 0 Å². The molecular weight excluding hydrogens is 190 g/mol. The van der Waals surface area contributed by atoms with Crippen molar-refractivity contribution in [1.29, 1.82) is 0 Å². The van der Waals surface area contributed by atoms with E-state index in [9.17, 15) is 9.90 Å². The van der Waals surface area contributed by atoms with Crippen LogP contribution in [0.3, 0.4) is 0 Å². The Balaban J connectivity index is 2.25. The fraction of sp³-hybridized carbons (Fsp3) is 0.917. The van der Waals surface area contributed by atoms with Crippen LogP contribution in [0.1, 0.15) is 39.0 Å². The van der Waals surface area contributed by atoms with Crippen LogP contribution in [-0.4, -0.2) is 23.5 Å². The van der Waals surface area contributed by atoms with Crippen molar-refractivity contribution in [3.8, 4) is 0 Å². The van der Waals surface area contributed by atoms with Crippen LogP contribution < -0.4 is 5.73 Å². The number of aldehydes is 1. The molecule has 4 unspecified atom stereocenters. The molecule has 0 saturated heterocycles. The van der Waals surface area contributed by atoms with Crippen LogP contribution in [0.25, 0.3) is 0 Å². The Kier molecular flexibility index (Phi) is 2.63. The highest BCUT2D eigenvalue weighted by Crippen LogP contribution is 2.60. The van der Waals surface area contributed by atoms with Gasteiger partial charge in [-0.3, -0.25) is 0 Å². The number of carbonyl (C=O) groups excluding carboxylic acids is 1. The van der Waals surface area contributed by atoms with Crippen molar-refractivity contribution >= 4 is 6.29 Å². The number of fused-ring (bicyclic) bond motifs is 2. The molecule has 3 N–H and O–H groups in total. The molecule has 0 aromatic carbocycles. The minimum Gasteiger partial charge on any atom is -0.389 e. The molecule has 0 aromatic rings. The zero-order valence-corrected chi connectivity index (χ0v) is 9.41. The zero-order chi connectivity index (χ0) is 11.1. The predicted molar refractivity (Wildman–Crippen MR) is 58.2 cm³/mol. The number of aliphatic hydroxyl groups is 1. The third-order valence-electron chi connectivity index (χ3n) is 4.89. The highest BCUT2D eigenvalue weighted by molar-refractivity contribution is 5.51. The van der Waals surface area contributed by atoms with Gasteiger partial charge in [-0.25, -0.2) is 0 Å². The van der Waals surface area contributed by atoms with Gasteiger partial charge in [-0.1, -0.05) is 6.42 Å².